The van der Waals surface area contributed by atoms with E-state index >= 15 is 0 Å². The number of nitrogens with zero attached hydrogens (tertiary/aromatic N) is 1. The highest BCUT2D eigenvalue weighted by Crippen LogP contribution is 2.26. The summed E-state index contributed by atoms with van der Waals surface area (Å²) in [5.74, 6) is -1.04. The molecule has 1 saturated carbocycles. The number of halogens is 2. The molecule has 1 unspecified atom stereocenters. The van der Waals surface area contributed by atoms with Crippen molar-refractivity contribution in [2.75, 3.05) is 13.6 Å². The van der Waals surface area contributed by atoms with E-state index in [-0.39, 0.29) is 0 Å². The van der Waals surface area contributed by atoms with Crippen molar-refractivity contribution in [3.63, 3.8) is 0 Å². The molecule has 1 atom stereocenters. The smallest absolute Gasteiger partial charge is 0.126 e. The van der Waals surface area contributed by atoms with Gasteiger partial charge in [0.1, 0.15) is 11.6 Å². The quantitative estimate of drug-likeness (QED) is 0.839. The van der Waals surface area contributed by atoms with Crippen molar-refractivity contribution >= 4 is 0 Å². The van der Waals surface area contributed by atoms with Gasteiger partial charge >= 0.3 is 0 Å². The van der Waals surface area contributed by atoms with Gasteiger partial charge in [-0.15, -0.1) is 0 Å². The summed E-state index contributed by atoms with van der Waals surface area (Å²) in [6.07, 6.45) is 2.58. The molecule has 0 bridgehead atoms. The van der Waals surface area contributed by atoms with Crippen LogP contribution in [0.1, 0.15) is 25.3 Å². The molecule has 0 aromatic heterocycles. The van der Waals surface area contributed by atoms with E-state index in [2.05, 4.69) is 24.2 Å². The Labute approximate surface area is 107 Å². The van der Waals surface area contributed by atoms with E-state index < -0.39 is 11.6 Å². The van der Waals surface area contributed by atoms with Crippen LogP contribution >= 0.6 is 0 Å². The molecule has 2 nitrogen and oxygen atoms in total. The molecule has 0 radical (unpaired) electrons. The Hall–Kier alpha value is -1.00. The van der Waals surface area contributed by atoms with Gasteiger partial charge in [-0.1, -0.05) is 0 Å². The average Bonchev–Trinajstić information content (AvgIpc) is 3.10. The van der Waals surface area contributed by atoms with Gasteiger partial charge < -0.3 is 5.32 Å². The van der Waals surface area contributed by atoms with Crippen LogP contribution in [0.5, 0.6) is 0 Å². The predicted octanol–water partition coefficient (Wildman–Crippen LogP) is 2.54. The van der Waals surface area contributed by atoms with Gasteiger partial charge in [0.05, 0.1) is 0 Å². The highest BCUT2D eigenvalue weighted by Gasteiger charge is 2.28. The summed E-state index contributed by atoms with van der Waals surface area (Å²) in [6, 6.07) is 4.80. The van der Waals surface area contributed by atoms with Crippen LogP contribution in [-0.4, -0.2) is 30.6 Å². The molecule has 0 aliphatic heterocycles. The zero-order chi connectivity index (χ0) is 13.1. The number of hydrogen-bond donors (Lipinski definition) is 1. The summed E-state index contributed by atoms with van der Waals surface area (Å²) in [5.41, 5.74) is 0.647. The van der Waals surface area contributed by atoms with E-state index in [4.69, 9.17) is 0 Å². The van der Waals surface area contributed by atoms with Crippen LogP contribution in [0.2, 0.25) is 0 Å². The molecule has 1 aliphatic carbocycles. The summed E-state index contributed by atoms with van der Waals surface area (Å²) in [7, 11) is 2.13. The fourth-order valence-electron chi connectivity index (χ4n) is 2.12. The van der Waals surface area contributed by atoms with E-state index in [9.17, 15) is 8.78 Å². The van der Waals surface area contributed by atoms with Crippen molar-refractivity contribution in [1.82, 2.24) is 10.2 Å². The van der Waals surface area contributed by atoms with Crippen molar-refractivity contribution in [3.05, 3.63) is 35.4 Å². The van der Waals surface area contributed by atoms with Gasteiger partial charge in [0.2, 0.25) is 0 Å². The predicted molar refractivity (Wildman–Crippen MR) is 68.3 cm³/mol. The first kappa shape index (κ1) is 13.4. The minimum atomic E-state index is -0.519. The minimum absolute atomic E-state index is 0.441. The van der Waals surface area contributed by atoms with E-state index in [0.717, 1.165) is 18.7 Å². The third-order valence-electron chi connectivity index (χ3n) is 3.51. The monoisotopic (exact) mass is 254 g/mol. The molecule has 0 saturated heterocycles. The summed E-state index contributed by atoms with van der Waals surface area (Å²) in [5, 5.41) is 3.24. The molecule has 18 heavy (non-hydrogen) atoms. The van der Waals surface area contributed by atoms with Gasteiger partial charge in [-0.05, 0) is 44.5 Å². The van der Waals surface area contributed by atoms with Gasteiger partial charge in [-0.3, -0.25) is 4.90 Å². The molecule has 100 valence electrons. The van der Waals surface area contributed by atoms with Gasteiger partial charge in [0, 0.05) is 31.2 Å². The van der Waals surface area contributed by atoms with Crippen LogP contribution in [0, 0.1) is 11.6 Å². The molecule has 0 spiro atoms. The van der Waals surface area contributed by atoms with Crippen LogP contribution in [0.15, 0.2) is 18.2 Å². The second-order valence-electron chi connectivity index (χ2n) is 5.15. The molecule has 2 rings (SSSR count). The topological polar surface area (TPSA) is 15.3 Å². The molecule has 0 amide bonds. The molecule has 1 aromatic carbocycles. The SMILES string of the molecule is CC(CNCc1cc(F)cc(F)c1)N(C)C1CC1. The second-order valence-corrected chi connectivity index (χ2v) is 5.15. The van der Waals surface area contributed by atoms with E-state index in [1.807, 2.05) is 0 Å². The Balaban J connectivity index is 1.77. The first-order valence-electron chi connectivity index (χ1n) is 6.44. The Morgan fingerprint density at radius 1 is 1.28 bits per heavy atom. The highest BCUT2D eigenvalue weighted by atomic mass is 19.1. The fraction of sp³-hybridized carbons (Fsp3) is 0.571. The Bertz CT molecular complexity index is 385. The van der Waals surface area contributed by atoms with Crippen LogP contribution in [0.3, 0.4) is 0 Å². The Kier molecular flexibility index (Phi) is 4.30. The van der Waals surface area contributed by atoms with Crippen molar-refractivity contribution in [2.45, 2.75) is 38.4 Å². The molecule has 4 heteroatoms. The first-order valence-corrected chi connectivity index (χ1v) is 6.44. The maximum absolute atomic E-state index is 13.0. The summed E-state index contributed by atoms with van der Waals surface area (Å²) in [6.45, 7) is 3.49. The molecule has 0 heterocycles. The van der Waals surface area contributed by atoms with Crippen LogP contribution in [0.25, 0.3) is 0 Å². The zero-order valence-corrected chi connectivity index (χ0v) is 10.9. The van der Waals surface area contributed by atoms with Crippen molar-refractivity contribution in [2.24, 2.45) is 0 Å². The molecule has 1 aliphatic rings. The van der Waals surface area contributed by atoms with Crippen LogP contribution < -0.4 is 5.32 Å². The average molecular weight is 254 g/mol. The zero-order valence-electron chi connectivity index (χ0n) is 10.9. The number of rotatable bonds is 6. The fourth-order valence-corrected chi connectivity index (χ4v) is 2.12. The highest BCUT2D eigenvalue weighted by molar-refractivity contribution is 5.17. The number of likely N-dealkylation sites (N-methyl/N-ethyl adjacent to an activating group) is 1. The lowest BCUT2D eigenvalue weighted by Gasteiger charge is -2.24. The Morgan fingerprint density at radius 3 is 2.44 bits per heavy atom. The summed E-state index contributed by atoms with van der Waals surface area (Å²) < 4.78 is 26.0. The molecule has 1 aromatic rings. The maximum Gasteiger partial charge on any atom is 0.126 e. The number of hydrogen-bond acceptors (Lipinski definition) is 2. The number of benzene rings is 1. The second kappa shape index (κ2) is 5.76. The normalized spacial score (nSPS) is 17.2. The minimum Gasteiger partial charge on any atom is -0.311 e. The van der Waals surface area contributed by atoms with Gasteiger partial charge in [-0.25, -0.2) is 8.78 Å². The maximum atomic E-state index is 13.0. The standard InChI is InChI=1S/C14H20F2N2/c1-10(18(2)14-3-4-14)8-17-9-11-5-12(15)7-13(16)6-11/h5-7,10,14,17H,3-4,8-9H2,1-2H3. The van der Waals surface area contributed by atoms with Crippen LogP contribution in [0.4, 0.5) is 8.78 Å². The lowest BCUT2D eigenvalue weighted by molar-refractivity contribution is 0.241. The Morgan fingerprint density at radius 2 is 1.89 bits per heavy atom. The largest absolute Gasteiger partial charge is 0.311 e. The molecular formula is C14H20F2N2. The third kappa shape index (κ3) is 3.75. The third-order valence-corrected chi connectivity index (χ3v) is 3.51. The summed E-state index contributed by atoms with van der Waals surface area (Å²) in [4.78, 5) is 2.36. The first-order chi connectivity index (χ1) is 8.56. The lowest BCUT2D eigenvalue weighted by Crippen LogP contribution is -2.38. The molecule has 1 fully saturated rings. The van der Waals surface area contributed by atoms with Gasteiger partial charge in [-0.2, -0.15) is 0 Å². The van der Waals surface area contributed by atoms with E-state index in [0.29, 0.717) is 18.2 Å². The number of nitrogens with one attached hydrogen (secondary N) is 1. The van der Waals surface area contributed by atoms with Gasteiger partial charge in [0.15, 0.2) is 0 Å². The molecular weight excluding hydrogens is 234 g/mol. The lowest BCUT2D eigenvalue weighted by atomic mass is 10.2. The van der Waals surface area contributed by atoms with Crippen LogP contribution in [-0.2, 0) is 6.54 Å². The van der Waals surface area contributed by atoms with Gasteiger partial charge in [0.25, 0.3) is 0 Å². The van der Waals surface area contributed by atoms with E-state index in [1.54, 1.807) is 0 Å². The van der Waals surface area contributed by atoms with Crippen molar-refractivity contribution in [3.8, 4) is 0 Å². The van der Waals surface area contributed by atoms with E-state index in [1.165, 1.54) is 25.0 Å². The van der Waals surface area contributed by atoms with Crippen molar-refractivity contribution in [1.29, 1.82) is 0 Å². The van der Waals surface area contributed by atoms with Crippen molar-refractivity contribution < 1.29 is 8.78 Å². The summed E-state index contributed by atoms with van der Waals surface area (Å²) >= 11 is 0. The molecule has 1 N–H and O–H groups in total.